The second kappa shape index (κ2) is 21.6. The van der Waals surface area contributed by atoms with Gasteiger partial charge in [-0.3, -0.25) is 17.6 Å². The minimum absolute atomic E-state index is 0. The monoisotopic (exact) mass is 1090 g/mol. The van der Waals surface area contributed by atoms with Crippen LogP contribution in [0.1, 0.15) is 70.9 Å². The summed E-state index contributed by atoms with van der Waals surface area (Å²) in [6.45, 7) is 0. The molecule has 9 aromatic rings. The van der Waals surface area contributed by atoms with Crippen molar-refractivity contribution in [2.45, 2.75) is 63.2 Å². The molecule has 69 heavy (non-hydrogen) atoms. The Balaban J connectivity index is 0.00000593. The molecular formula is C61H46F4IrN3. The first-order valence-corrected chi connectivity index (χ1v) is 23.2. The Morgan fingerprint density at radius 1 is 0.449 bits per heavy atom. The second-order valence-electron chi connectivity index (χ2n) is 17.7. The summed E-state index contributed by atoms with van der Waals surface area (Å²) in [5, 5.41) is 0. The van der Waals surface area contributed by atoms with Crippen molar-refractivity contribution in [1.82, 2.24) is 15.0 Å². The maximum Gasteiger partial charge on any atom is 3.00 e. The van der Waals surface area contributed by atoms with Crippen LogP contribution < -0.4 is 0 Å². The predicted molar refractivity (Wildman–Crippen MR) is 261 cm³/mol. The van der Waals surface area contributed by atoms with Crippen LogP contribution in [-0.4, -0.2) is 15.0 Å². The van der Waals surface area contributed by atoms with Gasteiger partial charge in [-0.1, -0.05) is 126 Å². The normalized spacial score (nSPS) is 14.6. The van der Waals surface area contributed by atoms with Gasteiger partial charge in [0.15, 0.2) is 0 Å². The number of pyridine rings is 3. The van der Waals surface area contributed by atoms with E-state index in [2.05, 4.69) is 119 Å². The van der Waals surface area contributed by atoms with Crippen LogP contribution in [0.3, 0.4) is 0 Å². The quantitative estimate of drug-likeness (QED) is 0.0853. The van der Waals surface area contributed by atoms with E-state index >= 15 is 0 Å². The first-order chi connectivity index (χ1) is 33.3. The van der Waals surface area contributed by atoms with Gasteiger partial charge in [0.05, 0.1) is 0 Å². The SMILES string of the molecule is Fc1c[c-]c(-c2ccc(CCc3cc(CCc4ccc(-c5[c-]cc(F)cc5F)nc4)cc(-c4ccccc4-c4cnc(-c5[c-]cccc5)cc4C4CCC(c5ccccc5)CC4)c3)cn2)c(F)c1.[Ir+3]. The number of benzene rings is 6. The second-order valence-corrected chi connectivity index (χ2v) is 17.7. The predicted octanol–water partition coefficient (Wildman–Crippen LogP) is 15.2. The standard InChI is InChI=1S/C61H46F4N3.Ir/c62-49-25-27-53(57(64)34-49)59-29-19-40(37-66-59)15-17-42-31-43(18-16-41-20-30-60(67-38-41)54-28-26-50(63)35-58(54)65)33-48(32-42)51-13-7-8-14-52(51)56-39-68-61(47-11-5-2-6-12-47)36-55(56)46-23-21-45(22-24-46)44-9-3-1-4-10-44;/h1-11,13-14,19-20,25-26,29-39,45-46H,15-18,21-24H2;/q-3;+3. The van der Waals surface area contributed by atoms with Crippen molar-refractivity contribution in [3.8, 4) is 56.0 Å². The maximum atomic E-state index is 14.6. The van der Waals surface area contributed by atoms with E-state index in [0.717, 1.165) is 119 Å². The van der Waals surface area contributed by atoms with E-state index in [-0.39, 0.29) is 31.2 Å². The Bertz CT molecular complexity index is 3060. The summed E-state index contributed by atoms with van der Waals surface area (Å²) in [4.78, 5) is 14.1. The summed E-state index contributed by atoms with van der Waals surface area (Å²) in [6, 6.07) is 56.7. The summed E-state index contributed by atoms with van der Waals surface area (Å²) in [6.07, 6.45) is 12.8. The molecule has 1 aliphatic carbocycles. The van der Waals surface area contributed by atoms with Crippen LogP contribution in [0.15, 0.2) is 170 Å². The number of rotatable bonds is 13. The Hall–Kier alpha value is -6.86. The maximum absolute atomic E-state index is 14.6. The number of hydrogen-bond donors (Lipinski definition) is 0. The molecule has 342 valence electrons. The van der Waals surface area contributed by atoms with Crippen LogP contribution in [0.5, 0.6) is 0 Å². The molecule has 0 aliphatic heterocycles. The van der Waals surface area contributed by atoms with E-state index in [4.69, 9.17) is 4.98 Å². The molecule has 0 N–H and O–H groups in total. The van der Waals surface area contributed by atoms with Crippen molar-refractivity contribution in [2.24, 2.45) is 0 Å². The van der Waals surface area contributed by atoms with Crippen molar-refractivity contribution >= 4 is 0 Å². The number of halogens is 4. The van der Waals surface area contributed by atoms with Crippen molar-refractivity contribution in [3.05, 3.63) is 245 Å². The van der Waals surface area contributed by atoms with Gasteiger partial charge in [-0.25, -0.2) is 0 Å². The fraction of sp³-hybridized carbons (Fsp3) is 0.164. The summed E-state index contributed by atoms with van der Waals surface area (Å²) in [7, 11) is 0. The molecule has 6 aromatic carbocycles. The van der Waals surface area contributed by atoms with Gasteiger partial charge in [0.2, 0.25) is 0 Å². The van der Waals surface area contributed by atoms with Gasteiger partial charge >= 0.3 is 20.1 Å². The van der Waals surface area contributed by atoms with Crippen LogP contribution in [0, 0.1) is 41.5 Å². The van der Waals surface area contributed by atoms with Gasteiger partial charge in [0, 0.05) is 47.4 Å². The van der Waals surface area contributed by atoms with Gasteiger partial charge < -0.3 is 15.0 Å². The van der Waals surface area contributed by atoms with E-state index in [9.17, 15) is 17.6 Å². The van der Waals surface area contributed by atoms with Crippen molar-refractivity contribution in [2.75, 3.05) is 0 Å². The number of aryl methyl sites for hydroxylation is 4. The molecule has 0 atom stereocenters. The van der Waals surface area contributed by atoms with Crippen molar-refractivity contribution < 1.29 is 37.7 Å². The van der Waals surface area contributed by atoms with Gasteiger partial charge in [-0.05, 0) is 130 Å². The van der Waals surface area contributed by atoms with Crippen LogP contribution in [0.2, 0.25) is 0 Å². The number of hydrogen-bond acceptors (Lipinski definition) is 3. The molecule has 10 rings (SSSR count). The van der Waals surface area contributed by atoms with Gasteiger partial charge in [-0.2, -0.15) is 0 Å². The van der Waals surface area contributed by atoms with E-state index in [1.165, 1.54) is 11.1 Å². The molecule has 0 radical (unpaired) electrons. The van der Waals surface area contributed by atoms with Crippen molar-refractivity contribution in [1.29, 1.82) is 0 Å². The molecule has 1 fully saturated rings. The smallest absolute Gasteiger partial charge is 0.304 e. The number of nitrogens with zero attached hydrogens (tertiary/aromatic N) is 3. The Labute approximate surface area is 414 Å². The molecule has 8 heteroatoms. The topological polar surface area (TPSA) is 38.7 Å². The molecule has 3 aromatic heterocycles. The summed E-state index contributed by atoms with van der Waals surface area (Å²) < 4.78 is 56.4. The molecule has 0 saturated heterocycles. The van der Waals surface area contributed by atoms with Gasteiger partial charge in [0.1, 0.15) is 0 Å². The Kier molecular flexibility index (Phi) is 14.8. The van der Waals surface area contributed by atoms with Crippen LogP contribution >= 0.6 is 0 Å². The van der Waals surface area contributed by atoms with Crippen molar-refractivity contribution in [3.63, 3.8) is 0 Å². The van der Waals surface area contributed by atoms with Crippen LogP contribution in [0.25, 0.3) is 56.0 Å². The van der Waals surface area contributed by atoms with Crippen LogP contribution in [0.4, 0.5) is 17.6 Å². The molecule has 1 aliphatic rings. The zero-order chi connectivity index (χ0) is 46.4. The average Bonchev–Trinajstić information content (AvgIpc) is 3.38. The molecule has 0 bridgehead atoms. The zero-order valence-electron chi connectivity index (χ0n) is 37.7. The summed E-state index contributed by atoms with van der Waals surface area (Å²) >= 11 is 0. The largest absolute Gasteiger partial charge is 3.00 e. The molecule has 3 heterocycles. The third-order valence-electron chi connectivity index (χ3n) is 13.2. The first-order valence-electron chi connectivity index (χ1n) is 23.2. The van der Waals surface area contributed by atoms with E-state index < -0.39 is 23.3 Å². The van der Waals surface area contributed by atoms with Crippen LogP contribution in [-0.2, 0) is 45.8 Å². The molecular weight excluding hydrogens is 1040 g/mol. The van der Waals surface area contributed by atoms with E-state index in [0.29, 0.717) is 36.1 Å². The Morgan fingerprint density at radius 2 is 0.986 bits per heavy atom. The Morgan fingerprint density at radius 3 is 1.54 bits per heavy atom. The van der Waals surface area contributed by atoms with Gasteiger partial charge in [-0.15, -0.1) is 60.2 Å². The average molecular weight is 1090 g/mol. The third-order valence-corrected chi connectivity index (χ3v) is 13.2. The minimum atomic E-state index is -0.703. The molecule has 1 saturated carbocycles. The summed E-state index contributed by atoms with van der Waals surface area (Å²) in [5.41, 5.74) is 14.4. The third kappa shape index (κ3) is 11.0. The molecule has 0 spiro atoms. The fourth-order valence-electron chi connectivity index (χ4n) is 9.67. The number of aromatic nitrogens is 3. The van der Waals surface area contributed by atoms with E-state index in [1.54, 1.807) is 24.5 Å². The minimum Gasteiger partial charge on any atom is -0.304 e. The zero-order valence-corrected chi connectivity index (χ0v) is 40.1. The van der Waals surface area contributed by atoms with Gasteiger partial charge in [0.25, 0.3) is 0 Å². The molecule has 0 amide bonds. The molecule has 3 nitrogen and oxygen atoms in total. The molecule has 0 unspecified atom stereocenters. The first kappa shape index (κ1) is 47.2. The van der Waals surface area contributed by atoms with E-state index in [1.807, 2.05) is 30.3 Å². The summed E-state index contributed by atoms with van der Waals surface area (Å²) in [5.74, 6) is -1.87. The fourth-order valence-corrected chi connectivity index (χ4v) is 9.67.